The zero-order valence-corrected chi connectivity index (χ0v) is 50.9. The molecule has 21 nitrogen and oxygen atoms in total. The van der Waals surface area contributed by atoms with Crippen molar-refractivity contribution in [3.8, 4) is 61.7 Å². The van der Waals surface area contributed by atoms with Crippen LogP contribution in [0.5, 0.6) is 28.7 Å². The Labute approximate surface area is 513 Å². The van der Waals surface area contributed by atoms with Gasteiger partial charge in [-0.1, -0.05) is 40.6 Å². The van der Waals surface area contributed by atoms with Crippen LogP contribution in [0.15, 0.2) is 145 Å². The maximum atomic E-state index is 11.7. The van der Waals surface area contributed by atoms with Gasteiger partial charge >= 0.3 is 5.97 Å². The number of phenols is 2. The van der Waals surface area contributed by atoms with Crippen LogP contribution in [-0.4, -0.2) is 111 Å². The first kappa shape index (κ1) is 60.0. The van der Waals surface area contributed by atoms with Gasteiger partial charge in [0.15, 0.2) is 23.2 Å². The van der Waals surface area contributed by atoms with E-state index in [2.05, 4.69) is 36.2 Å². The summed E-state index contributed by atoms with van der Waals surface area (Å²) < 4.78 is 58.2. The Balaban J connectivity index is 0.000000115. The molecule has 2 saturated heterocycles. The molecule has 8 aromatic heterocycles. The molecule has 0 aliphatic carbocycles. The van der Waals surface area contributed by atoms with Crippen molar-refractivity contribution in [1.29, 1.82) is 0 Å². The van der Waals surface area contributed by atoms with Crippen LogP contribution in [0.25, 0.3) is 85.2 Å². The normalized spacial score (nSPS) is 13.8. The number of methoxy groups -OCH3 is 2. The van der Waals surface area contributed by atoms with Gasteiger partial charge in [0, 0.05) is 43.0 Å². The number of phenolic OH excluding ortho intramolecular Hbond substituents is 2. The fraction of sp³-hybridized carbons (Fsp3) is 0.219. The molecule has 0 radical (unpaired) electrons. The smallest absolute Gasteiger partial charge is 0.348 e. The summed E-state index contributed by atoms with van der Waals surface area (Å²) in [6.45, 7) is 9.75. The highest BCUT2D eigenvalue weighted by Crippen LogP contribution is 2.40. The first-order valence-corrected chi connectivity index (χ1v) is 29.8. The van der Waals surface area contributed by atoms with Crippen LogP contribution in [0, 0.1) is 20.8 Å². The zero-order valence-electron chi connectivity index (χ0n) is 48.4. The van der Waals surface area contributed by atoms with Gasteiger partial charge in [0.05, 0.1) is 54.4 Å². The van der Waals surface area contributed by atoms with Gasteiger partial charge in [0.2, 0.25) is 5.78 Å². The third kappa shape index (κ3) is 14.2. The minimum Gasteiger partial charge on any atom is -0.507 e. The summed E-state index contributed by atoms with van der Waals surface area (Å²) >= 11 is 4.45. The minimum absolute atomic E-state index is 0.137. The van der Waals surface area contributed by atoms with Gasteiger partial charge in [0.1, 0.15) is 81.7 Å². The van der Waals surface area contributed by atoms with Gasteiger partial charge in [-0.15, -0.1) is 34.0 Å². The predicted octanol–water partition coefficient (Wildman–Crippen LogP) is 13.9. The van der Waals surface area contributed by atoms with Crippen LogP contribution in [0.3, 0.4) is 0 Å². The largest absolute Gasteiger partial charge is 0.507 e. The first-order valence-electron chi connectivity index (χ1n) is 27.3. The Bertz CT molecular complexity index is 4610. The lowest BCUT2D eigenvalue weighted by atomic mass is 10.1. The van der Waals surface area contributed by atoms with E-state index in [1.165, 1.54) is 36.7 Å². The standard InChI is InChI=1S/C16H16N2O3.C14H12N2O3S.C13H12O4.C11H8N2O2S.C10H8O3S/c1-10-6-13(17-18(10)2)16-7-12-14(20-9-11-8-19-11)4-3-5-15(12)21-16;1-8-15-14(19-16-8)13-5-10-11(18-7-9-6-17-9)3-2-4-12(10)20-13;1-8(14)6-10(15)13-7-9-11(16-2)4-3-5-12(9)17-13;1-6-12-11(15-13-6)10-5-7-8(14)3-2-4-9(7)16-10;1-13-10(12)9-5-6-7(11)3-2-4-8(6)14-9/h3-7,11H,8-9H2,1-2H3;2-5,9H,6-7H2,1H3;3-5,7H,6H2,1-2H3;2-5,14H,1H3;2-5,11H,1H3/t11-;9-;;;/m00.../s1. The second kappa shape index (κ2) is 26.5. The fourth-order valence-electron chi connectivity index (χ4n) is 8.78. The fourth-order valence-corrected chi connectivity index (χ4v) is 11.8. The number of esters is 1. The van der Waals surface area contributed by atoms with E-state index < -0.39 is 0 Å². The number of rotatable bonds is 14. The van der Waals surface area contributed by atoms with Crippen molar-refractivity contribution in [2.45, 2.75) is 46.3 Å². The van der Waals surface area contributed by atoms with Crippen LogP contribution in [0.4, 0.5) is 0 Å². The van der Waals surface area contributed by atoms with Crippen LogP contribution < -0.4 is 14.2 Å². The number of aromatic nitrogens is 6. The van der Waals surface area contributed by atoms with E-state index in [0.29, 0.717) is 58.2 Å². The highest BCUT2D eigenvalue weighted by molar-refractivity contribution is 7.22. The molecule has 2 N–H and O–H groups in total. The summed E-state index contributed by atoms with van der Waals surface area (Å²) in [5.74, 6) is 5.20. The Morgan fingerprint density at radius 1 is 0.614 bits per heavy atom. The molecule has 2 aliphatic rings. The number of Topliss-reactive ketones (excluding diaryl/α,β-unsaturated/α-hetero) is 2. The molecule has 0 unspecified atom stereocenters. The second-order valence-electron chi connectivity index (χ2n) is 20.1. The lowest BCUT2D eigenvalue weighted by molar-refractivity contribution is -0.116. The van der Waals surface area contributed by atoms with E-state index in [0.717, 1.165) is 92.8 Å². The van der Waals surface area contributed by atoms with Crippen molar-refractivity contribution in [3.63, 3.8) is 0 Å². The van der Waals surface area contributed by atoms with E-state index in [4.69, 9.17) is 41.6 Å². The molecule has 5 aromatic carbocycles. The molecule has 0 spiro atoms. The van der Waals surface area contributed by atoms with Crippen molar-refractivity contribution in [2.24, 2.45) is 7.05 Å². The Kier molecular flexibility index (Phi) is 18.1. The molecule has 0 saturated carbocycles. The summed E-state index contributed by atoms with van der Waals surface area (Å²) in [5.41, 5.74) is 3.31. The molecule has 24 heteroatoms. The SMILES string of the molecule is COC(=O)c1cc2c(O)cccc2s1.COc1cccc2oc(C(=O)CC(C)=O)cc12.Cc1cc(-c2cc3c(OC[C@@H]4CO4)cccc3o2)nn1C.Cc1noc(-c2cc3c(O)cccc3s2)n1.Cc1noc(-c2cc3c(OC[C@@H]4CO4)cccc3s2)n1. The molecule has 450 valence electrons. The topological polar surface area (TPSA) is 276 Å². The average Bonchev–Trinajstić information content (AvgIpc) is 2.94. The summed E-state index contributed by atoms with van der Waals surface area (Å²) in [5, 5.41) is 35.5. The summed E-state index contributed by atoms with van der Waals surface area (Å²) in [6.07, 6.45) is 0.356. The lowest BCUT2D eigenvalue weighted by Gasteiger charge is -2.04. The molecule has 0 bridgehead atoms. The van der Waals surface area contributed by atoms with Crippen molar-refractivity contribution in [2.75, 3.05) is 40.6 Å². The number of epoxide rings is 2. The molecule has 0 amide bonds. The number of benzene rings is 5. The molecule has 2 atom stereocenters. The molecule has 15 rings (SSSR count). The second-order valence-corrected chi connectivity index (χ2v) is 23.3. The van der Waals surface area contributed by atoms with E-state index >= 15 is 0 Å². The monoisotopic (exact) mass is 1240 g/mol. The first-order chi connectivity index (χ1) is 42.6. The molecule has 10 heterocycles. The Hall–Kier alpha value is -9.72. The molecule has 88 heavy (non-hydrogen) atoms. The van der Waals surface area contributed by atoms with Crippen LogP contribution in [-0.2, 0) is 26.1 Å². The third-order valence-corrected chi connectivity index (χ3v) is 16.7. The quantitative estimate of drug-likeness (QED) is 0.0443. The minimum atomic E-state index is -0.370. The van der Waals surface area contributed by atoms with Gasteiger partial charge in [-0.3, -0.25) is 14.3 Å². The van der Waals surface area contributed by atoms with Gasteiger partial charge < -0.3 is 56.5 Å². The Morgan fingerprint density at radius 3 is 1.64 bits per heavy atom. The number of hydrogen-bond acceptors (Lipinski definition) is 23. The molecule has 2 aliphatic heterocycles. The zero-order chi connectivity index (χ0) is 61.6. The predicted molar refractivity (Wildman–Crippen MR) is 332 cm³/mol. The highest BCUT2D eigenvalue weighted by Gasteiger charge is 2.25. The number of fused-ring (bicyclic) bond motifs is 5. The highest BCUT2D eigenvalue weighted by atomic mass is 32.1. The molecule has 2 fully saturated rings. The van der Waals surface area contributed by atoms with E-state index in [1.807, 2.05) is 98.4 Å². The number of nitrogens with zero attached hydrogens (tertiary/aromatic N) is 6. The molecular weight excluding hydrogens is 1190 g/mol. The number of aryl methyl sites for hydroxylation is 4. The molecular formula is C64H56N6O15S3. The van der Waals surface area contributed by atoms with Crippen LogP contribution in [0.2, 0.25) is 0 Å². The lowest BCUT2D eigenvalue weighted by Crippen LogP contribution is -2.03. The number of furan rings is 2. The van der Waals surface area contributed by atoms with E-state index in [1.54, 1.807) is 73.9 Å². The average molecular weight is 1250 g/mol. The maximum Gasteiger partial charge on any atom is 0.348 e. The van der Waals surface area contributed by atoms with E-state index in [9.17, 15) is 24.6 Å². The van der Waals surface area contributed by atoms with Crippen molar-refractivity contribution < 1.29 is 70.9 Å². The van der Waals surface area contributed by atoms with Crippen molar-refractivity contribution >= 4 is 104 Å². The third-order valence-electron chi connectivity index (χ3n) is 13.4. The number of ether oxygens (including phenoxy) is 6. The van der Waals surface area contributed by atoms with Gasteiger partial charge in [-0.2, -0.15) is 15.1 Å². The summed E-state index contributed by atoms with van der Waals surface area (Å²) in [6, 6.07) is 38.9. The van der Waals surface area contributed by atoms with Gasteiger partial charge in [-0.25, -0.2) is 4.79 Å². The van der Waals surface area contributed by atoms with Crippen LogP contribution >= 0.6 is 34.0 Å². The summed E-state index contributed by atoms with van der Waals surface area (Å²) in [4.78, 5) is 44.5. The number of carbonyl (C=O) groups excluding carboxylic acids is 3. The van der Waals surface area contributed by atoms with Crippen LogP contribution in [0.1, 0.15) is 50.9 Å². The number of thiophene rings is 3. The number of carbonyl (C=O) groups is 3. The van der Waals surface area contributed by atoms with Crippen molar-refractivity contribution in [3.05, 3.63) is 155 Å². The Morgan fingerprint density at radius 2 is 1.12 bits per heavy atom. The number of hydrogen-bond donors (Lipinski definition) is 2. The van der Waals surface area contributed by atoms with Crippen molar-refractivity contribution in [1.82, 2.24) is 30.1 Å². The molecule has 13 aromatic rings. The van der Waals surface area contributed by atoms with Gasteiger partial charge in [-0.05, 0) is 125 Å². The van der Waals surface area contributed by atoms with Gasteiger partial charge in [0.25, 0.3) is 11.8 Å². The number of aromatic hydroxyl groups is 2. The maximum absolute atomic E-state index is 11.7. The summed E-state index contributed by atoms with van der Waals surface area (Å²) in [7, 11) is 4.82. The number of ketones is 2. The van der Waals surface area contributed by atoms with E-state index in [-0.39, 0.29) is 53.4 Å².